The molecule has 0 spiro atoms. The van der Waals surface area contributed by atoms with E-state index in [0.29, 0.717) is 11.4 Å². The van der Waals surface area contributed by atoms with E-state index in [-0.39, 0.29) is 10.8 Å². The Morgan fingerprint density at radius 1 is 0.794 bits per heavy atom. The van der Waals surface area contributed by atoms with Crippen LogP contribution in [-0.2, 0) is 10.0 Å². The van der Waals surface area contributed by atoms with E-state index in [2.05, 4.69) is 20.3 Å². The first kappa shape index (κ1) is 23.0. The second-order valence-electron chi connectivity index (χ2n) is 7.39. The van der Waals surface area contributed by atoms with E-state index in [1.165, 1.54) is 18.3 Å². The van der Waals surface area contributed by atoms with Crippen molar-refractivity contribution in [1.29, 1.82) is 0 Å². The lowest BCUT2D eigenvalue weighted by molar-refractivity contribution is 0.590. The summed E-state index contributed by atoms with van der Waals surface area (Å²) in [6.07, 6.45) is 4.75. The Bertz CT molecular complexity index is 1420. The summed E-state index contributed by atoms with van der Waals surface area (Å²) in [6, 6.07) is 25.5. The van der Waals surface area contributed by atoms with Gasteiger partial charge in [0.15, 0.2) is 0 Å². The van der Waals surface area contributed by atoms with Crippen LogP contribution >= 0.6 is 0 Å². The van der Waals surface area contributed by atoms with Crippen LogP contribution < -0.4 is 4.41 Å². The van der Waals surface area contributed by atoms with E-state index in [1.54, 1.807) is 24.3 Å². The molecule has 0 saturated heterocycles. The summed E-state index contributed by atoms with van der Waals surface area (Å²) in [5, 5.41) is 12.7. The molecule has 3 aromatic carbocycles. The van der Waals surface area contributed by atoms with Gasteiger partial charge < -0.3 is 0 Å². The first-order valence-corrected chi connectivity index (χ1v) is 12.1. The van der Waals surface area contributed by atoms with Crippen molar-refractivity contribution in [2.45, 2.75) is 18.7 Å². The van der Waals surface area contributed by atoms with Crippen molar-refractivity contribution in [2.75, 3.05) is 4.41 Å². The summed E-state index contributed by atoms with van der Waals surface area (Å²) in [7, 11) is -4.09. The zero-order chi connectivity index (χ0) is 24.0. The quantitative estimate of drug-likeness (QED) is 0.272. The standard InChI is InChI=1S/C26H23N5O2S/c1-3-4-19-27-31(34(32,33)23-17-15-20(2)16-18-23)26-28-24(21-11-7-5-8-12-21)25(29-30-26)22-13-9-6-10-14-22/h3-19H,1-2H3/b4-3+,27-19-. The van der Waals surface area contributed by atoms with Gasteiger partial charge in [0, 0.05) is 17.3 Å². The van der Waals surface area contributed by atoms with E-state index in [9.17, 15) is 8.42 Å². The molecule has 7 nitrogen and oxygen atoms in total. The fraction of sp³-hybridized carbons (Fsp3) is 0.0769. The number of hydrogen-bond acceptors (Lipinski definition) is 6. The van der Waals surface area contributed by atoms with Crippen molar-refractivity contribution in [2.24, 2.45) is 5.10 Å². The van der Waals surface area contributed by atoms with Crippen LogP contribution in [0.3, 0.4) is 0 Å². The molecular weight excluding hydrogens is 446 g/mol. The van der Waals surface area contributed by atoms with Gasteiger partial charge in [0.25, 0.3) is 16.0 Å². The van der Waals surface area contributed by atoms with E-state index in [4.69, 9.17) is 0 Å². The van der Waals surface area contributed by atoms with Crippen molar-refractivity contribution in [3.05, 3.63) is 103 Å². The van der Waals surface area contributed by atoms with Crippen LogP contribution in [0.25, 0.3) is 22.5 Å². The predicted octanol–water partition coefficient (Wildman–Crippen LogP) is 5.27. The number of rotatable bonds is 7. The SMILES string of the molecule is C/C=C/C=N\N(c1nnc(-c2ccccc2)c(-c2ccccc2)n1)S(=O)(=O)c1ccc(C)cc1. The highest BCUT2D eigenvalue weighted by Gasteiger charge is 2.28. The maximum atomic E-state index is 13.5. The Balaban J connectivity index is 1.90. The fourth-order valence-electron chi connectivity index (χ4n) is 3.20. The summed E-state index contributed by atoms with van der Waals surface area (Å²) < 4.78 is 27.9. The number of hydrazone groups is 1. The number of aromatic nitrogens is 3. The lowest BCUT2D eigenvalue weighted by Crippen LogP contribution is -2.28. The number of benzene rings is 3. The number of anilines is 1. The molecule has 0 saturated carbocycles. The summed E-state index contributed by atoms with van der Waals surface area (Å²) in [5.74, 6) is -0.153. The number of nitrogens with zero attached hydrogens (tertiary/aromatic N) is 5. The van der Waals surface area contributed by atoms with Gasteiger partial charge in [0.05, 0.1) is 4.90 Å². The van der Waals surface area contributed by atoms with Gasteiger partial charge in [-0.05, 0) is 32.1 Å². The third-order valence-electron chi connectivity index (χ3n) is 4.94. The summed E-state index contributed by atoms with van der Waals surface area (Å²) in [4.78, 5) is 4.72. The van der Waals surface area contributed by atoms with Crippen molar-refractivity contribution >= 4 is 22.2 Å². The number of aryl methyl sites for hydroxylation is 1. The Kier molecular flexibility index (Phi) is 6.89. The molecule has 170 valence electrons. The van der Waals surface area contributed by atoms with Crippen LogP contribution in [0.2, 0.25) is 0 Å². The number of sulfonamides is 1. The molecule has 0 aliphatic rings. The van der Waals surface area contributed by atoms with Gasteiger partial charge in [-0.3, -0.25) is 0 Å². The molecule has 0 aliphatic carbocycles. The van der Waals surface area contributed by atoms with Crippen molar-refractivity contribution in [3.63, 3.8) is 0 Å². The minimum Gasteiger partial charge on any atom is -0.207 e. The Labute approximate surface area is 199 Å². The van der Waals surface area contributed by atoms with Gasteiger partial charge in [-0.15, -0.1) is 14.6 Å². The predicted molar refractivity (Wildman–Crippen MR) is 135 cm³/mol. The maximum Gasteiger partial charge on any atom is 0.286 e. The second-order valence-corrected chi connectivity index (χ2v) is 9.16. The van der Waals surface area contributed by atoms with E-state index in [1.807, 2.05) is 74.5 Å². The van der Waals surface area contributed by atoms with Gasteiger partial charge >= 0.3 is 0 Å². The highest BCUT2D eigenvalue weighted by atomic mass is 32.2. The average Bonchev–Trinajstić information content (AvgIpc) is 2.87. The molecule has 0 fully saturated rings. The molecule has 34 heavy (non-hydrogen) atoms. The molecular formula is C26H23N5O2S. The highest BCUT2D eigenvalue weighted by Crippen LogP contribution is 2.30. The van der Waals surface area contributed by atoms with Gasteiger partial charge in [-0.1, -0.05) is 84.4 Å². The Morgan fingerprint density at radius 3 is 1.97 bits per heavy atom. The molecule has 0 unspecified atom stereocenters. The third kappa shape index (κ3) is 4.92. The monoisotopic (exact) mass is 469 g/mol. The first-order chi connectivity index (χ1) is 16.5. The lowest BCUT2D eigenvalue weighted by Gasteiger charge is -2.18. The van der Waals surface area contributed by atoms with E-state index >= 15 is 0 Å². The summed E-state index contributed by atoms with van der Waals surface area (Å²) >= 11 is 0. The first-order valence-electron chi connectivity index (χ1n) is 10.6. The fourth-order valence-corrected chi connectivity index (χ4v) is 4.35. The zero-order valence-corrected chi connectivity index (χ0v) is 19.6. The molecule has 1 aromatic heterocycles. The van der Waals surface area contributed by atoms with Crippen LogP contribution in [0.1, 0.15) is 12.5 Å². The Morgan fingerprint density at radius 2 is 1.38 bits per heavy atom. The molecule has 0 bridgehead atoms. The normalized spacial score (nSPS) is 11.8. The smallest absolute Gasteiger partial charge is 0.207 e. The third-order valence-corrected chi connectivity index (χ3v) is 6.52. The molecule has 0 atom stereocenters. The van der Waals surface area contributed by atoms with Gasteiger partial charge in [0.2, 0.25) is 0 Å². The minimum absolute atomic E-state index is 0.0766. The molecule has 8 heteroatoms. The maximum absolute atomic E-state index is 13.5. The highest BCUT2D eigenvalue weighted by molar-refractivity contribution is 7.92. The number of hydrogen-bond donors (Lipinski definition) is 0. The molecule has 4 rings (SSSR count). The van der Waals surface area contributed by atoms with Crippen molar-refractivity contribution in [1.82, 2.24) is 15.2 Å². The van der Waals surface area contributed by atoms with E-state index in [0.717, 1.165) is 21.1 Å². The summed E-state index contributed by atoms with van der Waals surface area (Å²) in [5.41, 5.74) is 3.59. The minimum atomic E-state index is -4.09. The van der Waals surface area contributed by atoms with Crippen molar-refractivity contribution in [3.8, 4) is 22.5 Å². The molecule has 0 aliphatic heterocycles. The summed E-state index contributed by atoms with van der Waals surface area (Å²) in [6.45, 7) is 3.70. The molecule has 0 amide bonds. The van der Waals surface area contributed by atoms with Crippen LogP contribution in [0.5, 0.6) is 0 Å². The molecule has 0 N–H and O–H groups in total. The van der Waals surface area contributed by atoms with Crippen LogP contribution in [-0.4, -0.2) is 29.8 Å². The Hall–Kier alpha value is -4.17. The molecule has 0 radical (unpaired) electrons. The van der Waals surface area contributed by atoms with Gasteiger partial charge in [-0.2, -0.15) is 13.5 Å². The average molecular weight is 470 g/mol. The van der Waals surface area contributed by atoms with Crippen LogP contribution in [0.15, 0.2) is 107 Å². The topological polar surface area (TPSA) is 88.4 Å². The van der Waals surface area contributed by atoms with Crippen LogP contribution in [0.4, 0.5) is 5.95 Å². The van der Waals surface area contributed by atoms with Crippen molar-refractivity contribution < 1.29 is 8.42 Å². The van der Waals surface area contributed by atoms with Crippen LogP contribution in [0, 0.1) is 6.92 Å². The molecule has 4 aromatic rings. The lowest BCUT2D eigenvalue weighted by atomic mass is 10.0. The van der Waals surface area contributed by atoms with E-state index < -0.39 is 10.0 Å². The van der Waals surface area contributed by atoms with Gasteiger partial charge in [0.1, 0.15) is 11.4 Å². The van der Waals surface area contributed by atoms with Gasteiger partial charge in [-0.25, -0.2) is 4.98 Å². The molecule has 1 heterocycles. The number of allylic oxidation sites excluding steroid dienone is 2. The second kappa shape index (κ2) is 10.2. The largest absolute Gasteiger partial charge is 0.286 e. The zero-order valence-electron chi connectivity index (χ0n) is 18.8.